The van der Waals surface area contributed by atoms with E-state index < -0.39 is 17.7 Å². The molecule has 0 radical (unpaired) electrons. The molecular formula is C9H10ClFO3. The fraction of sp³-hybridized carbons (Fsp3) is 0.333. The molecular weight excluding hydrogens is 211 g/mol. The molecule has 14 heavy (non-hydrogen) atoms. The van der Waals surface area contributed by atoms with Crippen molar-refractivity contribution in [2.75, 3.05) is 7.11 Å². The van der Waals surface area contributed by atoms with Crippen LogP contribution in [0.4, 0.5) is 4.39 Å². The number of ether oxygens (including phenoxy) is 1. The van der Waals surface area contributed by atoms with Crippen LogP contribution in [0.5, 0.6) is 11.5 Å². The molecule has 0 fully saturated rings. The highest BCUT2D eigenvalue weighted by Crippen LogP contribution is 2.38. The maximum atomic E-state index is 13.3. The van der Waals surface area contributed by atoms with Gasteiger partial charge in [-0.15, -0.1) is 0 Å². The fourth-order valence-corrected chi connectivity index (χ4v) is 1.33. The van der Waals surface area contributed by atoms with E-state index in [0.717, 1.165) is 0 Å². The number of phenolic OH excluding ortho intramolecular Hbond substituents is 1. The Morgan fingerprint density at radius 3 is 2.57 bits per heavy atom. The first kappa shape index (κ1) is 11.1. The fourth-order valence-electron chi connectivity index (χ4n) is 1.13. The van der Waals surface area contributed by atoms with Gasteiger partial charge in [0.15, 0.2) is 11.5 Å². The lowest BCUT2D eigenvalue weighted by Crippen LogP contribution is -1.99. The third-order valence-electron chi connectivity index (χ3n) is 1.83. The van der Waals surface area contributed by atoms with E-state index in [-0.39, 0.29) is 16.3 Å². The Balaban J connectivity index is 3.43. The first-order chi connectivity index (χ1) is 6.49. The Morgan fingerprint density at radius 1 is 1.57 bits per heavy atom. The second kappa shape index (κ2) is 4.02. The van der Waals surface area contributed by atoms with Crippen LogP contribution in [-0.4, -0.2) is 17.3 Å². The van der Waals surface area contributed by atoms with E-state index in [1.165, 1.54) is 20.1 Å². The molecule has 5 heteroatoms. The van der Waals surface area contributed by atoms with Gasteiger partial charge in [-0.3, -0.25) is 0 Å². The van der Waals surface area contributed by atoms with Gasteiger partial charge in [0.1, 0.15) is 0 Å². The number of hydrogen-bond acceptors (Lipinski definition) is 3. The lowest BCUT2D eigenvalue weighted by molar-refractivity contribution is 0.192. The van der Waals surface area contributed by atoms with Crippen molar-refractivity contribution in [1.82, 2.24) is 0 Å². The zero-order valence-corrected chi connectivity index (χ0v) is 8.47. The number of halogens is 2. The highest BCUT2D eigenvalue weighted by Gasteiger charge is 2.19. The third kappa shape index (κ3) is 1.76. The minimum atomic E-state index is -0.962. The molecule has 0 heterocycles. The average molecular weight is 221 g/mol. The van der Waals surface area contributed by atoms with Crippen molar-refractivity contribution in [3.63, 3.8) is 0 Å². The number of aromatic hydroxyl groups is 1. The summed E-state index contributed by atoms with van der Waals surface area (Å²) in [5, 5.41) is 18.3. The first-order valence-corrected chi connectivity index (χ1v) is 4.29. The molecule has 1 aromatic carbocycles. The molecule has 1 atom stereocenters. The molecule has 78 valence electrons. The van der Waals surface area contributed by atoms with Crippen molar-refractivity contribution in [2.24, 2.45) is 0 Å². The maximum absolute atomic E-state index is 13.3. The number of hydrogen-bond donors (Lipinski definition) is 2. The van der Waals surface area contributed by atoms with Crippen LogP contribution in [0.3, 0.4) is 0 Å². The predicted octanol–water partition coefficient (Wildman–Crippen LogP) is 2.25. The Labute approximate surface area is 85.7 Å². The average Bonchev–Trinajstić information content (AvgIpc) is 2.13. The van der Waals surface area contributed by atoms with E-state index in [2.05, 4.69) is 0 Å². The first-order valence-electron chi connectivity index (χ1n) is 3.92. The summed E-state index contributed by atoms with van der Waals surface area (Å²) in [5.74, 6) is -1.83. The van der Waals surface area contributed by atoms with Crippen LogP contribution in [0.25, 0.3) is 0 Å². The van der Waals surface area contributed by atoms with E-state index in [9.17, 15) is 9.50 Å². The third-order valence-corrected chi connectivity index (χ3v) is 2.12. The number of benzene rings is 1. The zero-order valence-electron chi connectivity index (χ0n) is 7.71. The van der Waals surface area contributed by atoms with E-state index in [1.807, 2.05) is 0 Å². The van der Waals surface area contributed by atoms with Gasteiger partial charge in [0.2, 0.25) is 5.82 Å². The van der Waals surface area contributed by atoms with Gasteiger partial charge in [-0.25, -0.2) is 0 Å². The van der Waals surface area contributed by atoms with Gasteiger partial charge in [0.25, 0.3) is 0 Å². The van der Waals surface area contributed by atoms with Gasteiger partial charge < -0.3 is 14.9 Å². The minimum Gasteiger partial charge on any atom is -0.504 e. The Hall–Kier alpha value is -1.00. The molecule has 1 unspecified atom stereocenters. The van der Waals surface area contributed by atoms with E-state index in [4.69, 9.17) is 21.4 Å². The molecule has 0 aromatic heterocycles. The maximum Gasteiger partial charge on any atom is 0.208 e. The van der Waals surface area contributed by atoms with E-state index in [1.54, 1.807) is 0 Å². The topological polar surface area (TPSA) is 49.7 Å². The Morgan fingerprint density at radius 2 is 2.14 bits per heavy atom. The van der Waals surface area contributed by atoms with Crippen molar-refractivity contribution in [2.45, 2.75) is 13.0 Å². The smallest absolute Gasteiger partial charge is 0.208 e. The normalized spacial score (nSPS) is 12.6. The second-order valence-electron chi connectivity index (χ2n) is 2.82. The van der Waals surface area contributed by atoms with Gasteiger partial charge in [-0.2, -0.15) is 4.39 Å². The molecule has 0 saturated heterocycles. The lowest BCUT2D eigenvalue weighted by atomic mass is 10.1. The van der Waals surface area contributed by atoms with Gasteiger partial charge >= 0.3 is 0 Å². The van der Waals surface area contributed by atoms with Gasteiger partial charge in [-0.05, 0) is 13.0 Å². The van der Waals surface area contributed by atoms with Crippen LogP contribution in [0.2, 0.25) is 5.02 Å². The van der Waals surface area contributed by atoms with Gasteiger partial charge in [0.05, 0.1) is 18.2 Å². The predicted molar refractivity (Wildman–Crippen MR) is 50.3 cm³/mol. The highest BCUT2D eigenvalue weighted by molar-refractivity contribution is 6.32. The van der Waals surface area contributed by atoms with Crippen LogP contribution >= 0.6 is 11.6 Å². The van der Waals surface area contributed by atoms with Gasteiger partial charge in [0, 0.05) is 5.56 Å². The largest absolute Gasteiger partial charge is 0.504 e. The molecule has 0 bridgehead atoms. The number of aliphatic hydroxyl groups excluding tert-OH is 1. The summed E-state index contributed by atoms with van der Waals surface area (Å²) < 4.78 is 18.0. The van der Waals surface area contributed by atoms with Crippen LogP contribution in [0.1, 0.15) is 18.6 Å². The summed E-state index contributed by atoms with van der Waals surface area (Å²) in [7, 11) is 1.25. The Kier molecular flexibility index (Phi) is 3.18. The van der Waals surface area contributed by atoms with Crippen LogP contribution in [0, 0.1) is 5.82 Å². The molecule has 0 aliphatic heterocycles. The summed E-state index contributed by atoms with van der Waals surface area (Å²) in [6.07, 6.45) is -0.919. The molecule has 1 aromatic rings. The highest BCUT2D eigenvalue weighted by atomic mass is 35.5. The summed E-state index contributed by atoms with van der Waals surface area (Å²) in [4.78, 5) is 0. The standard InChI is InChI=1S/C9H10ClFO3/c1-4(12)5-3-6(10)8(13)7(11)9(5)14-2/h3-4,12-13H,1-2H3. The summed E-state index contributed by atoms with van der Waals surface area (Å²) in [5.41, 5.74) is 0.202. The van der Waals surface area contributed by atoms with Crippen molar-refractivity contribution < 1.29 is 19.3 Å². The molecule has 0 saturated carbocycles. The molecule has 0 spiro atoms. The molecule has 0 aliphatic rings. The molecule has 3 nitrogen and oxygen atoms in total. The van der Waals surface area contributed by atoms with Crippen molar-refractivity contribution in [3.8, 4) is 11.5 Å². The van der Waals surface area contributed by atoms with Crippen LogP contribution < -0.4 is 4.74 Å². The molecule has 0 aliphatic carbocycles. The number of methoxy groups -OCH3 is 1. The molecule has 0 amide bonds. The van der Waals surface area contributed by atoms with Gasteiger partial charge in [-0.1, -0.05) is 11.6 Å². The molecule has 2 N–H and O–H groups in total. The lowest BCUT2D eigenvalue weighted by Gasteiger charge is -2.13. The zero-order chi connectivity index (χ0) is 10.9. The van der Waals surface area contributed by atoms with E-state index in [0.29, 0.717) is 0 Å². The quantitative estimate of drug-likeness (QED) is 0.804. The molecule has 1 rings (SSSR count). The van der Waals surface area contributed by atoms with Crippen molar-refractivity contribution >= 4 is 11.6 Å². The number of phenols is 1. The minimum absolute atomic E-state index is 0.154. The Bertz CT molecular complexity index is 352. The van der Waals surface area contributed by atoms with Crippen LogP contribution in [-0.2, 0) is 0 Å². The van der Waals surface area contributed by atoms with Crippen molar-refractivity contribution in [3.05, 3.63) is 22.5 Å². The van der Waals surface area contributed by atoms with Crippen LogP contribution in [0.15, 0.2) is 6.07 Å². The SMILES string of the molecule is COc1c(C(C)O)cc(Cl)c(O)c1F. The monoisotopic (exact) mass is 220 g/mol. The number of aliphatic hydroxyl groups is 1. The van der Waals surface area contributed by atoms with E-state index >= 15 is 0 Å². The summed E-state index contributed by atoms with van der Waals surface area (Å²) in [6, 6.07) is 1.27. The summed E-state index contributed by atoms with van der Waals surface area (Å²) >= 11 is 5.54. The number of rotatable bonds is 2. The van der Waals surface area contributed by atoms with Crippen molar-refractivity contribution in [1.29, 1.82) is 0 Å². The second-order valence-corrected chi connectivity index (χ2v) is 3.23. The summed E-state index contributed by atoms with van der Waals surface area (Å²) in [6.45, 7) is 1.45.